The second-order valence-corrected chi connectivity index (χ2v) is 7.10. The third-order valence-electron chi connectivity index (χ3n) is 5.15. The molecule has 0 atom stereocenters. The molecule has 6 nitrogen and oxygen atoms in total. The fraction of sp³-hybridized carbons (Fsp3) is 0.381. The summed E-state index contributed by atoms with van der Waals surface area (Å²) in [6.07, 6.45) is 3.76. The quantitative estimate of drug-likeness (QED) is 0.820. The number of aliphatic imine (C=N–C) groups is 1. The van der Waals surface area contributed by atoms with Gasteiger partial charge in [0.15, 0.2) is 5.82 Å². The van der Waals surface area contributed by atoms with E-state index >= 15 is 0 Å². The lowest BCUT2D eigenvalue weighted by molar-refractivity contribution is 0.564. The Labute approximate surface area is 158 Å². The van der Waals surface area contributed by atoms with Crippen LogP contribution in [0.3, 0.4) is 0 Å². The fourth-order valence-corrected chi connectivity index (χ4v) is 3.79. The molecule has 6 heteroatoms. The minimum absolute atomic E-state index is 0.221. The average molecular weight is 364 g/mol. The van der Waals surface area contributed by atoms with Gasteiger partial charge in [-0.15, -0.1) is 0 Å². The molecule has 0 saturated carbocycles. The second kappa shape index (κ2) is 7.02. The van der Waals surface area contributed by atoms with Gasteiger partial charge in [0.05, 0.1) is 18.8 Å². The summed E-state index contributed by atoms with van der Waals surface area (Å²) in [6.45, 7) is 6.25. The Bertz CT molecular complexity index is 1040. The molecular weight excluding hydrogens is 340 g/mol. The molecule has 1 aromatic heterocycles. The summed E-state index contributed by atoms with van der Waals surface area (Å²) in [5, 5.41) is 0. The maximum absolute atomic E-state index is 13.1. The van der Waals surface area contributed by atoms with Crippen LogP contribution in [-0.4, -0.2) is 27.9 Å². The van der Waals surface area contributed by atoms with Gasteiger partial charge in [-0.05, 0) is 30.1 Å². The van der Waals surface area contributed by atoms with Gasteiger partial charge in [0.1, 0.15) is 5.69 Å². The van der Waals surface area contributed by atoms with Crippen LogP contribution in [0.4, 0.5) is 11.5 Å². The zero-order valence-electron chi connectivity index (χ0n) is 15.8. The van der Waals surface area contributed by atoms with Crippen molar-refractivity contribution in [3.8, 4) is 0 Å². The molecule has 0 unspecified atom stereocenters. The van der Waals surface area contributed by atoms with E-state index < -0.39 is 0 Å². The van der Waals surface area contributed by atoms with Gasteiger partial charge < -0.3 is 4.90 Å². The number of nitrogens with zero attached hydrogens (tertiary/aromatic N) is 4. The van der Waals surface area contributed by atoms with Crippen LogP contribution >= 0.6 is 0 Å². The molecule has 4 rings (SSSR count). The number of rotatable bonds is 5. The van der Waals surface area contributed by atoms with Gasteiger partial charge in [-0.2, -0.15) is 0 Å². The molecule has 0 aliphatic carbocycles. The molecule has 0 fully saturated rings. The van der Waals surface area contributed by atoms with Crippen molar-refractivity contribution in [3.05, 3.63) is 68.4 Å². The van der Waals surface area contributed by atoms with Crippen LogP contribution in [0, 0.1) is 0 Å². The molecule has 3 heterocycles. The monoisotopic (exact) mass is 364 g/mol. The van der Waals surface area contributed by atoms with E-state index in [1.54, 1.807) is 4.57 Å². The number of benzene rings is 1. The Morgan fingerprint density at radius 3 is 2.52 bits per heavy atom. The maximum Gasteiger partial charge on any atom is 0.333 e. The summed E-state index contributed by atoms with van der Waals surface area (Å²) in [5.41, 5.74) is 3.24. The van der Waals surface area contributed by atoms with Crippen LogP contribution in [-0.2, 0) is 13.1 Å². The highest BCUT2D eigenvalue weighted by atomic mass is 16.2. The van der Waals surface area contributed by atoms with Crippen LogP contribution in [0.5, 0.6) is 0 Å². The third-order valence-corrected chi connectivity index (χ3v) is 5.15. The highest BCUT2D eigenvalue weighted by Crippen LogP contribution is 2.32. The van der Waals surface area contributed by atoms with Gasteiger partial charge in [0, 0.05) is 13.1 Å². The zero-order valence-corrected chi connectivity index (χ0v) is 15.8. The van der Waals surface area contributed by atoms with E-state index in [9.17, 15) is 9.59 Å². The van der Waals surface area contributed by atoms with Gasteiger partial charge in [-0.3, -0.25) is 13.9 Å². The first-order chi connectivity index (χ1) is 13.1. The first-order valence-electron chi connectivity index (χ1n) is 9.55. The van der Waals surface area contributed by atoms with Crippen molar-refractivity contribution in [2.75, 3.05) is 18.0 Å². The first kappa shape index (κ1) is 17.5. The molecule has 140 valence electrons. The molecule has 0 saturated heterocycles. The Kier molecular flexibility index (Phi) is 4.56. The topological polar surface area (TPSA) is 59.6 Å². The van der Waals surface area contributed by atoms with Crippen molar-refractivity contribution >= 4 is 17.2 Å². The van der Waals surface area contributed by atoms with E-state index in [0.29, 0.717) is 37.7 Å². The smallest absolute Gasteiger partial charge is 0.333 e. The van der Waals surface area contributed by atoms with Crippen molar-refractivity contribution < 1.29 is 0 Å². The Hall–Kier alpha value is -2.89. The fourth-order valence-electron chi connectivity index (χ4n) is 3.79. The molecule has 2 aliphatic rings. The van der Waals surface area contributed by atoms with Gasteiger partial charge in [-0.1, -0.05) is 44.2 Å². The van der Waals surface area contributed by atoms with Gasteiger partial charge in [-0.25, -0.2) is 9.79 Å². The van der Waals surface area contributed by atoms with Crippen molar-refractivity contribution in [1.29, 1.82) is 0 Å². The van der Waals surface area contributed by atoms with Crippen LogP contribution < -0.4 is 16.1 Å². The van der Waals surface area contributed by atoms with E-state index in [2.05, 4.69) is 17.9 Å². The summed E-state index contributed by atoms with van der Waals surface area (Å²) in [6, 6.07) is 9.83. The molecule has 0 spiro atoms. The number of hydrogen-bond acceptors (Lipinski definition) is 4. The number of aromatic nitrogens is 2. The Balaban J connectivity index is 1.95. The Morgan fingerprint density at radius 2 is 1.81 bits per heavy atom. The number of fused-ring (bicyclic) bond motifs is 4. The minimum atomic E-state index is -0.283. The number of hydrogen-bond donors (Lipinski definition) is 0. The molecule has 0 amide bonds. The lowest BCUT2D eigenvalue weighted by Gasteiger charge is -2.34. The molecule has 0 N–H and O–H groups in total. The van der Waals surface area contributed by atoms with E-state index in [-0.39, 0.29) is 11.2 Å². The van der Waals surface area contributed by atoms with Crippen LogP contribution in [0.1, 0.15) is 32.3 Å². The van der Waals surface area contributed by atoms with E-state index in [1.165, 1.54) is 10.1 Å². The highest BCUT2D eigenvalue weighted by molar-refractivity contribution is 6.04. The normalized spacial score (nSPS) is 15.3. The summed E-state index contributed by atoms with van der Waals surface area (Å²) in [7, 11) is 0. The molecule has 2 aromatic rings. The predicted molar refractivity (Wildman–Crippen MR) is 108 cm³/mol. The van der Waals surface area contributed by atoms with Crippen molar-refractivity contribution in [2.24, 2.45) is 4.99 Å². The van der Waals surface area contributed by atoms with Crippen molar-refractivity contribution in [3.63, 3.8) is 0 Å². The van der Waals surface area contributed by atoms with Gasteiger partial charge in [0.2, 0.25) is 0 Å². The maximum atomic E-state index is 13.1. The van der Waals surface area contributed by atoms with E-state index in [4.69, 9.17) is 4.99 Å². The standard InChI is InChI=1S/C21H24N4O2/c1-3-10-24-20(26)18-19(22-17-11-15(4-2)12-23(18)14-17)25(21(24)27)13-16-8-6-5-7-9-16/h5-9,11H,3-4,10,12-14H2,1-2H3. The van der Waals surface area contributed by atoms with Gasteiger partial charge in [0.25, 0.3) is 5.56 Å². The minimum Gasteiger partial charge on any atom is -0.354 e. The molecular formula is C21H24N4O2. The van der Waals surface area contributed by atoms with Crippen LogP contribution in [0.25, 0.3) is 0 Å². The summed E-state index contributed by atoms with van der Waals surface area (Å²) < 4.78 is 3.02. The predicted octanol–water partition coefficient (Wildman–Crippen LogP) is 2.71. The lowest BCUT2D eigenvalue weighted by Crippen LogP contribution is -2.47. The molecule has 27 heavy (non-hydrogen) atoms. The van der Waals surface area contributed by atoms with Crippen LogP contribution in [0.15, 0.2) is 56.6 Å². The molecule has 1 aromatic carbocycles. The van der Waals surface area contributed by atoms with Crippen LogP contribution in [0.2, 0.25) is 0 Å². The zero-order chi connectivity index (χ0) is 19.0. The summed E-state index contributed by atoms with van der Waals surface area (Å²) in [4.78, 5) is 33.1. The lowest BCUT2D eigenvalue weighted by atomic mass is 10.0. The molecule has 0 radical (unpaired) electrons. The van der Waals surface area contributed by atoms with E-state index in [1.807, 2.05) is 37.3 Å². The summed E-state index contributed by atoms with van der Waals surface area (Å²) >= 11 is 0. The van der Waals surface area contributed by atoms with Crippen molar-refractivity contribution in [1.82, 2.24) is 9.13 Å². The SMILES string of the molecule is CCCn1c(=O)c2c(n(Cc3ccccc3)c1=O)N=C1C=C(CC)CN2C1. The molecule has 2 aliphatic heterocycles. The Morgan fingerprint density at radius 1 is 1.04 bits per heavy atom. The summed E-state index contributed by atoms with van der Waals surface area (Å²) in [5.74, 6) is 0.494. The van der Waals surface area contributed by atoms with Gasteiger partial charge >= 0.3 is 5.69 Å². The highest BCUT2D eigenvalue weighted by Gasteiger charge is 2.30. The average Bonchev–Trinajstić information content (AvgIpc) is 2.68. The van der Waals surface area contributed by atoms with Crippen molar-refractivity contribution in [2.45, 2.75) is 39.8 Å². The first-order valence-corrected chi connectivity index (χ1v) is 9.55. The largest absolute Gasteiger partial charge is 0.354 e. The molecule has 2 bridgehead atoms. The second-order valence-electron chi connectivity index (χ2n) is 7.10. The third kappa shape index (κ3) is 3.05. The number of anilines is 1. The van der Waals surface area contributed by atoms with E-state index in [0.717, 1.165) is 24.1 Å².